The molecule has 0 aromatic carbocycles. The van der Waals surface area contributed by atoms with Crippen molar-refractivity contribution in [1.29, 1.82) is 0 Å². The first-order valence-corrected chi connectivity index (χ1v) is 6.04. The Labute approximate surface area is 95.9 Å². The second-order valence-electron chi connectivity index (χ2n) is 4.80. The topological polar surface area (TPSA) is 43.4 Å². The van der Waals surface area contributed by atoms with E-state index in [0.29, 0.717) is 24.4 Å². The van der Waals surface area contributed by atoms with Crippen LogP contribution in [-0.4, -0.2) is 18.9 Å². The minimum Gasteiger partial charge on any atom is -0.463 e. The van der Waals surface area contributed by atoms with Gasteiger partial charge in [-0.15, -0.1) is 0 Å². The zero-order valence-electron chi connectivity index (χ0n) is 9.59. The Morgan fingerprint density at radius 2 is 1.94 bits per heavy atom. The molecule has 0 aromatic heterocycles. The smallest absolute Gasteiger partial charge is 0.330 e. The Balaban J connectivity index is 1.89. The van der Waals surface area contributed by atoms with Crippen molar-refractivity contribution in [2.75, 3.05) is 6.61 Å². The molecule has 3 heteroatoms. The minimum absolute atomic E-state index is 0.210. The molecule has 3 aliphatic carbocycles. The summed E-state index contributed by atoms with van der Waals surface area (Å²) >= 11 is 0. The van der Waals surface area contributed by atoms with Gasteiger partial charge in [0.1, 0.15) is 6.29 Å². The van der Waals surface area contributed by atoms with Crippen molar-refractivity contribution >= 4 is 12.3 Å². The van der Waals surface area contributed by atoms with Gasteiger partial charge in [0.2, 0.25) is 0 Å². The van der Waals surface area contributed by atoms with Crippen molar-refractivity contribution in [2.24, 2.45) is 23.7 Å². The monoisotopic (exact) mass is 222 g/mol. The lowest BCUT2D eigenvalue weighted by molar-refractivity contribution is -0.137. The maximum atomic E-state index is 11.2. The van der Waals surface area contributed by atoms with Gasteiger partial charge >= 0.3 is 5.97 Å². The number of esters is 1. The van der Waals surface area contributed by atoms with E-state index in [4.69, 9.17) is 4.74 Å². The maximum Gasteiger partial charge on any atom is 0.330 e. The number of aldehydes is 1. The van der Waals surface area contributed by atoms with Gasteiger partial charge in [-0.3, -0.25) is 0 Å². The van der Waals surface area contributed by atoms with Gasteiger partial charge in [-0.2, -0.15) is 0 Å². The third-order valence-electron chi connectivity index (χ3n) is 3.91. The molecule has 88 valence electrons. The number of allylic oxidation sites excluding steroid dienone is 1. The second-order valence-corrected chi connectivity index (χ2v) is 4.80. The molecular weight excluding hydrogens is 204 g/mol. The molecule has 0 aromatic rings. The van der Waals surface area contributed by atoms with Crippen molar-refractivity contribution in [3.8, 4) is 0 Å². The van der Waals surface area contributed by atoms with Gasteiger partial charge in [0.15, 0.2) is 0 Å². The van der Waals surface area contributed by atoms with Crippen LogP contribution in [0.15, 0.2) is 12.2 Å². The molecule has 16 heavy (non-hydrogen) atoms. The van der Waals surface area contributed by atoms with Gasteiger partial charge in [0.25, 0.3) is 0 Å². The van der Waals surface area contributed by atoms with Gasteiger partial charge in [0.05, 0.1) is 6.61 Å². The zero-order chi connectivity index (χ0) is 11.5. The van der Waals surface area contributed by atoms with Crippen LogP contribution < -0.4 is 0 Å². The molecule has 2 bridgehead atoms. The van der Waals surface area contributed by atoms with Crippen LogP contribution in [0.3, 0.4) is 0 Å². The number of hydrogen-bond acceptors (Lipinski definition) is 3. The van der Waals surface area contributed by atoms with Crippen molar-refractivity contribution in [2.45, 2.75) is 26.2 Å². The third-order valence-corrected chi connectivity index (χ3v) is 3.91. The Hall–Kier alpha value is -1.12. The van der Waals surface area contributed by atoms with Crippen LogP contribution in [0, 0.1) is 23.7 Å². The average Bonchev–Trinajstić information content (AvgIpc) is 2.25. The summed E-state index contributed by atoms with van der Waals surface area (Å²) in [4.78, 5) is 22.0. The van der Waals surface area contributed by atoms with Crippen molar-refractivity contribution in [3.63, 3.8) is 0 Å². The van der Waals surface area contributed by atoms with Crippen LogP contribution in [0.25, 0.3) is 0 Å². The third kappa shape index (κ3) is 2.18. The minimum atomic E-state index is -0.272. The molecule has 0 N–H and O–H groups in total. The second kappa shape index (κ2) is 4.81. The summed E-state index contributed by atoms with van der Waals surface area (Å²) in [7, 11) is 0. The quantitative estimate of drug-likeness (QED) is 0.415. The zero-order valence-corrected chi connectivity index (χ0v) is 9.59. The highest BCUT2D eigenvalue weighted by Crippen LogP contribution is 2.51. The average molecular weight is 222 g/mol. The number of hydrogen-bond donors (Lipinski definition) is 0. The van der Waals surface area contributed by atoms with E-state index in [2.05, 4.69) is 0 Å². The van der Waals surface area contributed by atoms with Crippen molar-refractivity contribution < 1.29 is 14.3 Å². The molecule has 0 unspecified atom stereocenters. The van der Waals surface area contributed by atoms with E-state index in [1.54, 1.807) is 6.92 Å². The molecule has 0 spiro atoms. The van der Waals surface area contributed by atoms with Crippen LogP contribution >= 0.6 is 0 Å². The van der Waals surface area contributed by atoms with Crippen LogP contribution in [0.1, 0.15) is 26.2 Å². The Morgan fingerprint density at radius 3 is 2.56 bits per heavy atom. The summed E-state index contributed by atoms with van der Waals surface area (Å²) in [6.07, 6.45) is 7.77. The Kier molecular flexibility index (Phi) is 3.42. The molecule has 3 rings (SSSR count). The lowest BCUT2D eigenvalue weighted by atomic mass is 9.56. The summed E-state index contributed by atoms with van der Waals surface area (Å²) in [6.45, 7) is 2.21. The first-order valence-electron chi connectivity index (χ1n) is 6.04. The molecular formula is C13H18O3. The summed E-state index contributed by atoms with van der Waals surface area (Å²) < 4.78 is 4.84. The predicted molar refractivity (Wildman–Crippen MR) is 59.6 cm³/mol. The van der Waals surface area contributed by atoms with Crippen molar-refractivity contribution in [1.82, 2.24) is 0 Å². The lowest BCUT2D eigenvalue weighted by Crippen LogP contribution is -2.42. The van der Waals surface area contributed by atoms with E-state index in [1.807, 2.05) is 6.08 Å². The largest absolute Gasteiger partial charge is 0.463 e. The number of carbonyl (C=O) groups is 2. The van der Waals surface area contributed by atoms with Gasteiger partial charge in [-0.1, -0.05) is 6.08 Å². The Morgan fingerprint density at radius 1 is 1.25 bits per heavy atom. The molecule has 0 amide bonds. The van der Waals surface area contributed by atoms with Crippen LogP contribution in [0.4, 0.5) is 0 Å². The van der Waals surface area contributed by atoms with Crippen molar-refractivity contribution in [3.05, 3.63) is 12.2 Å². The molecule has 3 nitrogen and oxygen atoms in total. The van der Waals surface area contributed by atoms with E-state index < -0.39 is 0 Å². The number of rotatable bonds is 4. The fourth-order valence-corrected chi connectivity index (χ4v) is 2.90. The van der Waals surface area contributed by atoms with Crippen LogP contribution in [0.5, 0.6) is 0 Å². The summed E-state index contributed by atoms with van der Waals surface area (Å²) in [5.74, 6) is 1.64. The fourth-order valence-electron chi connectivity index (χ4n) is 2.90. The van der Waals surface area contributed by atoms with Gasteiger partial charge in [-0.05, 0) is 43.9 Å². The SMILES string of the molecule is CCOC(=O)/C=C/[C@H]1C[C@@H](C=O)C2CC1C2. The fraction of sp³-hybridized carbons (Fsp3) is 0.692. The number of carbonyl (C=O) groups excluding carboxylic acids is 2. The van der Waals surface area contributed by atoms with Gasteiger partial charge in [0, 0.05) is 12.0 Å². The van der Waals surface area contributed by atoms with E-state index in [-0.39, 0.29) is 11.9 Å². The number of fused-ring (bicyclic) bond motifs is 2. The summed E-state index contributed by atoms with van der Waals surface area (Å²) in [6, 6.07) is 0. The standard InChI is InChI=1S/C13H18O3/c1-2-16-13(15)4-3-9-5-12(8-14)11-6-10(9)7-11/h3-4,8-12H,2,5-7H2,1H3/b4-3+/t9-,10?,11?,12-/m0/s1. The molecule has 0 aliphatic heterocycles. The molecule has 3 fully saturated rings. The highest BCUT2D eigenvalue weighted by Gasteiger charge is 2.44. The molecule has 0 radical (unpaired) electrons. The maximum absolute atomic E-state index is 11.2. The molecule has 2 atom stereocenters. The van der Waals surface area contributed by atoms with Crippen LogP contribution in [0.2, 0.25) is 0 Å². The number of ether oxygens (including phenoxy) is 1. The highest BCUT2D eigenvalue weighted by molar-refractivity contribution is 5.81. The first kappa shape index (κ1) is 11.4. The molecule has 0 heterocycles. The van der Waals surface area contributed by atoms with E-state index in [9.17, 15) is 9.59 Å². The molecule has 0 saturated heterocycles. The molecule has 3 aliphatic rings. The lowest BCUT2D eigenvalue weighted by Gasteiger charge is -2.49. The van der Waals surface area contributed by atoms with Gasteiger partial charge in [-0.25, -0.2) is 4.79 Å². The normalized spacial score (nSPS) is 36.8. The molecule has 3 saturated carbocycles. The van der Waals surface area contributed by atoms with Gasteiger partial charge < -0.3 is 9.53 Å². The summed E-state index contributed by atoms with van der Waals surface area (Å²) in [5, 5.41) is 0. The van der Waals surface area contributed by atoms with Crippen LogP contribution in [-0.2, 0) is 14.3 Å². The summed E-state index contributed by atoms with van der Waals surface area (Å²) in [5.41, 5.74) is 0. The predicted octanol–water partition coefficient (Wildman–Crippen LogP) is 1.97. The highest BCUT2D eigenvalue weighted by atomic mass is 16.5. The van der Waals surface area contributed by atoms with E-state index in [1.165, 1.54) is 6.08 Å². The van der Waals surface area contributed by atoms with E-state index in [0.717, 1.165) is 25.5 Å². The van der Waals surface area contributed by atoms with E-state index >= 15 is 0 Å². The Bertz CT molecular complexity index is 302. The first-order chi connectivity index (χ1) is 7.74.